The fraction of sp³-hybridized carbons (Fsp3) is 0.750. The number of hydrogen-bond acceptors (Lipinski definition) is 5. The Bertz CT molecular complexity index is 449. The van der Waals surface area contributed by atoms with Gasteiger partial charge in [0, 0.05) is 32.7 Å². The van der Waals surface area contributed by atoms with Crippen LogP contribution < -0.4 is 10.6 Å². The van der Waals surface area contributed by atoms with E-state index in [0.717, 1.165) is 42.7 Å². The van der Waals surface area contributed by atoms with Gasteiger partial charge in [0.15, 0.2) is 5.96 Å². The molecule has 1 aromatic rings. The molecule has 0 unspecified atom stereocenters. The Balaban J connectivity index is 2.12. The predicted molar refractivity (Wildman–Crippen MR) is 96.3 cm³/mol. The van der Waals surface area contributed by atoms with Crippen molar-refractivity contribution in [2.75, 3.05) is 40.5 Å². The quantitative estimate of drug-likeness (QED) is 0.367. The molecule has 0 saturated carbocycles. The fourth-order valence-electron chi connectivity index (χ4n) is 1.83. The van der Waals surface area contributed by atoms with E-state index in [-0.39, 0.29) is 0 Å². The van der Waals surface area contributed by atoms with E-state index in [1.165, 1.54) is 0 Å². The molecule has 2 N–H and O–H groups in total. The molecule has 1 rings (SSSR count). The van der Waals surface area contributed by atoms with E-state index in [1.807, 2.05) is 0 Å². The molecule has 0 aliphatic heterocycles. The minimum atomic E-state index is 0.476. The zero-order valence-corrected chi connectivity index (χ0v) is 15.5. The van der Waals surface area contributed by atoms with E-state index >= 15 is 0 Å². The van der Waals surface area contributed by atoms with Crippen LogP contribution in [0.1, 0.15) is 43.3 Å². The van der Waals surface area contributed by atoms with Crippen LogP contribution in [0.5, 0.6) is 0 Å². The SMILES string of the molecule is CN=C(NCCCCOCCOC)NCc1nc(C(C)C)cs1. The normalized spacial score (nSPS) is 12.0. The van der Waals surface area contributed by atoms with Crippen LogP contribution in [-0.2, 0) is 16.0 Å². The molecule has 0 aromatic carbocycles. The molecule has 0 aliphatic rings. The number of guanidine groups is 1. The predicted octanol–water partition coefficient (Wildman–Crippen LogP) is 2.37. The van der Waals surface area contributed by atoms with Crippen LogP contribution in [0.4, 0.5) is 0 Å². The summed E-state index contributed by atoms with van der Waals surface area (Å²) in [5, 5.41) is 9.82. The van der Waals surface area contributed by atoms with Gasteiger partial charge in [-0.2, -0.15) is 0 Å². The molecule has 0 atom stereocenters. The molecular weight excluding hydrogens is 312 g/mol. The van der Waals surface area contributed by atoms with Gasteiger partial charge in [0.05, 0.1) is 25.5 Å². The highest BCUT2D eigenvalue weighted by Crippen LogP contribution is 2.17. The zero-order valence-electron chi connectivity index (χ0n) is 14.7. The Morgan fingerprint density at radius 1 is 1.26 bits per heavy atom. The average molecular weight is 343 g/mol. The van der Waals surface area contributed by atoms with E-state index in [9.17, 15) is 0 Å². The van der Waals surface area contributed by atoms with E-state index in [1.54, 1.807) is 25.5 Å². The van der Waals surface area contributed by atoms with Crippen molar-refractivity contribution in [3.8, 4) is 0 Å². The molecule has 0 bridgehead atoms. The highest BCUT2D eigenvalue weighted by atomic mass is 32.1. The van der Waals surface area contributed by atoms with Crippen LogP contribution in [0, 0.1) is 0 Å². The number of nitrogens with zero attached hydrogens (tertiary/aromatic N) is 2. The van der Waals surface area contributed by atoms with Crippen molar-refractivity contribution in [2.24, 2.45) is 4.99 Å². The summed E-state index contributed by atoms with van der Waals surface area (Å²) in [7, 11) is 3.46. The molecule has 0 radical (unpaired) electrons. The summed E-state index contributed by atoms with van der Waals surface area (Å²) in [6.45, 7) is 7.99. The third kappa shape index (κ3) is 8.88. The van der Waals surface area contributed by atoms with Crippen LogP contribution in [0.2, 0.25) is 0 Å². The average Bonchev–Trinajstić information content (AvgIpc) is 3.02. The van der Waals surface area contributed by atoms with Gasteiger partial charge in [0.2, 0.25) is 0 Å². The summed E-state index contributed by atoms with van der Waals surface area (Å²) in [6, 6.07) is 0. The number of rotatable bonds is 11. The lowest BCUT2D eigenvalue weighted by Crippen LogP contribution is -2.37. The highest BCUT2D eigenvalue weighted by molar-refractivity contribution is 7.09. The molecule has 0 amide bonds. The van der Waals surface area contributed by atoms with E-state index in [2.05, 4.69) is 39.8 Å². The van der Waals surface area contributed by atoms with Crippen molar-refractivity contribution in [2.45, 2.75) is 39.2 Å². The van der Waals surface area contributed by atoms with Gasteiger partial charge in [0.25, 0.3) is 0 Å². The molecule has 0 aliphatic carbocycles. The van der Waals surface area contributed by atoms with Gasteiger partial charge >= 0.3 is 0 Å². The summed E-state index contributed by atoms with van der Waals surface area (Å²) < 4.78 is 10.4. The van der Waals surface area contributed by atoms with Crippen molar-refractivity contribution in [1.82, 2.24) is 15.6 Å². The van der Waals surface area contributed by atoms with E-state index in [4.69, 9.17) is 9.47 Å². The van der Waals surface area contributed by atoms with Gasteiger partial charge in [-0.3, -0.25) is 4.99 Å². The van der Waals surface area contributed by atoms with Crippen molar-refractivity contribution >= 4 is 17.3 Å². The second kappa shape index (κ2) is 12.3. The Morgan fingerprint density at radius 2 is 2.09 bits per heavy atom. The topological polar surface area (TPSA) is 67.8 Å². The number of unbranched alkanes of at least 4 members (excludes halogenated alkanes) is 1. The lowest BCUT2D eigenvalue weighted by molar-refractivity contribution is 0.0689. The number of thiazole rings is 1. The monoisotopic (exact) mass is 342 g/mol. The highest BCUT2D eigenvalue weighted by Gasteiger charge is 2.06. The van der Waals surface area contributed by atoms with Crippen LogP contribution in [0.25, 0.3) is 0 Å². The lowest BCUT2D eigenvalue weighted by Gasteiger charge is -2.11. The summed E-state index contributed by atoms with van der Waals surface area (Å²) >= 11 is 1.69. The number of aromatic nitrogens is 1. The maximum Gasteiger partial charge on any atom is 0.191 e. The molecule has 6 nitrogen and oxygen atoms in total. The Kier molecular flexibility index (Phi) is 10.6. The van der Waals surface area contributed by atoms with Crippen LogP contribution >= 0.6 is 11.3 Å². The third-order valence-electron chi connectivity index (χ3n) is 3.23. The second-order valence-corrected chi connectivity index (χ2v) is 6.43. The molecule has 132 valence electrons. The largest absolute Gasteiger partial charge is 0.382 e. The van der Waals surface area contributed by atoms with Crippen LogP contribution in [0.3, 0.4) is 0 Å². The van der Waals surface area contributed by atoms with Crippen LogP contribution in [-0.4, -0.2) is 51.5 Å². The van der Waals surface area contributed by atoms with Crippen molar-refractivity contribution in [3.05, 3.63) is 16.1 Å². The molecule has 7 heteroatoms. The number of nitrogens with one attached hydrogen (secondary N) is 2. The Hall–Kier alpha value is -1.18. The molecule has 23 heavy (non-hydrogen) atoms. The van der Waals surface area contributed by atoms with Crippen LogP contribution in [0.15, 0.2) is 10.4 Å². The first-order valence-corrected chi connectivity index (χ1v) is 9.00. The van der Waals surface area contributed by atoms with Gasteiger partial charge < -0.3 is 20.1 Å². The first kappa shape index (κ1) is 19.9. The second-order valence-electron chi connectivity index (χ2n) is 5.49. The Morgan fingerprint density at radius 3 is 2.74 bits per heavy atom. The number of aliphatic imine (C=N–C) groups is 1. The summed E-state index contributed by atoms with van der Waals surface area (Å²) in [5.74, 6) is 1.29. The molecule has 0 saturated heterocycles. The van der Waals surface area contributed by atoms with Gasteiger partial charge in [0.1, 0.15) is 5.01 Å². The lowest BCUT2D eigenvalue weighted by atomic mass is 10.2. The summed E-state index contributed by atoms with van der Waals surface area (Å²) in [4.78, 5) is 8.83. The van der Waals surface area contributed by atoms with E-state index < -0.39 is 0 Å². The third-order valence-corrected chi connectivity index (χ3v) is 4.10. The van der Waals surface area contributed by atoms with Gasteiger partial charge in [-0.05, 0) is 18.8 Å². The summed E-state index contributed by atoms with van der Waals surface area (Å²) in [6.07, 6.45) is 2.07. The van der Waals surface area contributed by atoms with Crippen molar-refractivity contribution in [1.29, 1.82) is 0 Å². The number of methoxy groups -OCH3 is 1. The molecular formula is C16H30N4O2S. The van der Waals surface area contributed by atoms with Gasteiger partial charge in [-0.15, -0.1) is 11.3 Å². The standard InChI is InChI=1S/C16H30N4O2S/c1-13(2)14-12-23-15(20-14)11-19-16(17-3)18-7-5-6-8-22-10-9-21-4/h12-13H,5-11H2,1-4H3,(H2,17,18,19). The molecule has 1 heterocycles. The molecule has 0 fully saturated rings. The van der Waals surface area contributed by atoms with E-state index in [0.29, 0.717) is 25.7 Å². The first-order valence-electron chi connectivity index (χ1n) is 8.12. The maximum atomic E-state index is 5.43. The number of ether oxygens (including phenoxy) is 2. The minimum Gasteiger partial charge on any atom is -0.382 e. The summed E-state index contributed by atoms with van der Waals surface area (Å²) in [5.41, 5.74) is 1.16. The fourth-order valence-corrected chi connectivity index (χ4v) is 2.73. The Labute approximate surface area is 143 Å². The molecule has 0 spiro atoms. The van der Waals surface area contributed by atoms with Gasteiger partial charge in [-0.1, -0.05) is 13.8 Å². The number of hydrogen-bond donors (Lipinski definition) is 2. The van der Waals surface area contributed by atoms with Gasteiger partial charge in [-0.25, -0.2) is 4.98 Å². The molecule has 1 aromatic heterocycles. The van der Waals surface area contributed by atoms with Crippen molar-refractivity contribution in [3.63, 3.8) is 0 Å². The smallest absolute Gasteiger partial charge is 0.191 e. The zero-order chi connectivity index (χ0) is 16.9. The maximum absolute atomic E-state index is 5.43. The first-order chi connectivity index (χ1) is 11.2. The van der Waals surface area contributed by atoms with Crippen molar-refractivity contribution < 1.29 is 9.47 Å². The minimum absolute atomic E-state index is 0.476.